The zero-order valence-corrected chi connectivity index (χ0v) is 18.3. The van der Waals surface area contributed by atoms with Gasteiger partial charge in [0.25, 0.3) is 5.91 Å². The van der Waals surface area contributed by atoms with Crippen molar-refractivity contribution < 1.29 is 9.59 Å². The van der Waals surface area contributed by atoms with Gasteiger partial charge in [0.15, 0.2) is 0 Å². The Hall–Kier alpha value is -3.06. The number of hydrogen-bond donors (Lipinski definition) is 3. The van der Waals surface area contributed by atoms with Crippen LogP contribution in [0.4, 0.5) is 10.5 Å². The molecule has 2 aromatic carbocycles. The first-order valence-electron chi connectivity index (χ1n) is 11.0. The van der Waals surface area contributed by atoms with E-state index >= 15 is 0 Å². The molecule has 0 bridgehead atoms. The number of nitrogens with one attached hydrogen (secondary N) is 2. The number of unbranched alkanes of at least 4 members (excludes halogenated alkanes) is 1. The van der Waals surface area contributed by atoms with E-state index in [9.17, 15) is 9.59 Å². The topological polar surface area (TPSA) is 90.7 Å². The van der Waals surface area contributed by atoms with Crippen molar-refractivity contribution in [2.45, 2.75) is 26.3 Å². The second-order valence-electron chi connectivity index (χ2n) is 8.05. The Morgan fingerprint density at radius 2 is 1.71 bits per heavy atom. The van der Waals surface area contributed by atoms with Gasteiger partial charge in [0.05, 0.1) is 0 Å². The highest BCUT2D eigenvalue weighted by Gasteiger charge is 2.16. The number of piperazine rings is 1. The average molecular weight is 424 g/mol. The summed E-state index contributed by atoms with van der Waals surface area (Å²) < 4.78 is 0. The largest absolute Gasteiger partial charge is 0.369 e. The summed E-state index contributed by atoms with van der Waals surface area (Å²) in [5.41, 5.74) is 9.21. The lowest BCUT2D eigenvalue weighted by Crippen LogP contribution is -2.46. The van der Waals surface area contributed by atoms with Crippen LogP contribution >= 0.6 is 0 Å². The first-order chi connectivity index (χ1) is 15.0. The van der Waals surface area contributed by atoms with Crippen LogP contribution in [0.2, 0.25) is 0 Å². The second-order valence-corrected chi connectivity index (χ2v) is 8.05. The lowest BCUT2D eigenvalue weighted by Gasteiger charge is -2.36. The van der Waals surface area contributed by atoms with Crippen molar-refractivity contribution in [1.82, 2.24) is 15.5 Å². The van der Waals surface area contributed by atoms with Gasteiger partial charge >= 0.3 is 6.03 Å². The van der Waals surface area contributed by atoms with Crippen LogP contribution in [0.25, 0.3) is 0 Å². The molecule has 166 valence electrons. The van der Waals surface area contributed by atoms with Gasteiger partial charge in [-0.2, -0.15) is 0 Å². The van der Waals surface area contributed by atoms with Gasteiger partial charge in [0, 0.05) is 50.5 Å². The molecule has 0 radical (unpaired) electrons. The van der Waals surface area contributed by atoms with Gasteiger partial charge in [-0.25, -0.2) is 4.79 Å². The molecule has 1 saturated heterocycles. The van der Waals surface area contributed by atoms with E-state index in [-0.39, 0.29) is 5.91 Å². The molecule has 3 amide bonds. The molecule has 1 fully saturated rings. The van der Waals surface area contributed by atoms with Gasteiger partial charge < -0.3 is 21.3 Å². The molecule has 0 saturated carbocycles. The number of primary amides is 1. The number of anilines is 1. The highest BCUT2D eigenvalue weighted by molar-refractivity contribution is 5.94. The van der Waals surface area contributed by atoms with Crippen LogP contribution in [-0.2, 0) is 6.54 Å². The lowest BCUT2D eigenvalue weighted by molar-refractivity contribution is 0.0952. The van der Waals surface area contributed by atoms with Crippen LogP contribution in [0.5, 0.6) is 0 Å². The maximum Gasteiger partial charge on any atom is 0.312 e. The van der Waals surface area contributed by atoms with E-state index in [1.54, 1.807) is 12.1 Å². The molecule has 1 aliphatic heterocycles. The smallest absolute Gasteiger partial charge is 0.312 e. The fourth-order valence-electron chi connectivity index (χ4n) is 3.78. The standard InChI is InChI=1S/C24H33N5O2/c1-19-5-4-6-22(17-19)29-15-13-28(14-16-29)12-3-2-11-26-23(30)21-9-7-20(8-10-21)18-27-24(25)31/h4-10,17H,2-3,11-16,18H2,1H3,(H,26,30)(H3,25,27,31). The monoisotopic (exact) mass is 423 g/mol. The predicted octanol–water partition coefficient (Wildman–Crippen LogP) is 2.50. The number of rotatable bonds is 9. The third-order valence-electron chi connectivity index (χ3n) is 5.61. The average Bonchev–Trinajstić information content (AvgIpc) is 2.78. The number of benzene rings is 2. The molecule has 4 N–H and O–H groups in total. The zero-order valence-electron chi connectivity index (χ0n) is 18.3. The number of carbonyl (C=O) groups is 2. The number of hydrogen-bond acceptors (Lipinski definition) is 4. The van der Waals surface area contributed by atoms with E-state index < -0.39 is 6.03 Å². The quantitative estimate of drug-likeness (QED) is 0.541. The fourth-order valence-corrected chi connectivity index (χ4v) is 3.78. The minimum Gasteiger partial charge on any atom is -0.369 e. The Bertz CT molecular complexity index is 861. The highest BCUT2D eigenvalue weighted by Crippen LogP contribution is 2.17. The molecule has 0 atom stereocenters. The van der Waals surface area contributed by atoms with Crippen LogP contribution in [0.15, 0.2) is 48.5 Å². The number of nitrogens with two attached hydrogens (primary N) is 1. The highest BCUT2D eigenvalue weighted by atomic mass is 16.2. The van der Waals surface area contributed by atoms with Crippen molar-refractivity contribution in [3.05, 3.63) is 65.2 Å². The third kappa shape index (κ3) is 7.29. The van der Waals surface area contributed by atoms with Gasteiger partial charge in [-0.3, -0.25) is 9.69 Å². The molecular weight excluding hydrogens is 390 g/mol. The maximum atomic E-state index is 12.3. The molecule has 1 aliphatic rings. The van der Waals surface area contributed by atoms with Crippen molar-refractivity contribution in [3.63, 3.8) is 0 Å². The molecule has 7 nitrogen and oxygen atoms in total. The molecule has 2 aromatic rings. The molecule has 0 unspecified atom stereocenters. The van der Waals surface area contributed by atoms with Gasteiger partial charge in [-0.15, -0.1) is 0 Å². The molecule has 0 aliphatic carbocycles. The molecular formula is C24H33N5O2. The van der Waals surface area contributed by atoms with Gasteiger partial charge in [0.1, 0.15) is 0 Å². The number of nitrogens with zero attached hydrogens (tertiary/aromatic N) is 2. The number of carbonyl (C=O) groups excluding carboxylic acids is 2. The summed E-state index contributed by atoms with van der Waals surface area (Å²) in [7, 11) is 0. The van der Waals surface area contributed by atoms with Crippen LogP contribution in [-0.4, -0.2) is 56.1 Å². The lowest BCUT2D eigenvalue weighted by atomic mass is 10.1. The molecule has 3 rings (SSSR count). The summed E-state index contributed by atoms with van der Waals surface area (Å²) in [6.45, 7) is 8.52. The third-order valence-corrected chi connectivity index (χ3v) is 5.61. The van der Waals surface area contributed by atoms with E-state index in [1.807, 2.05) is 12.1 Å². The summed E-state index contributed by atoms with van der Waals surface area (Å²) in [6, 6.07) is 15.3. The van der Waals surface area contributed by atoms with Gasteiger partial charge in [-0.05, 0) is 61.7 Å². The van der Waals surface area contributed by atoms with E-state index in [0.717, 1.165) is 51.1 Å². The minimum atomic E-state index is -0.560. The fraction of sp³-hybridized carbons (Fsp3) is 0.417. The van der Waals surface area contributed by atoms with Crippen molar-refractivity contribution in [2.24, 2.45) is 5.73 Å². The predicted molar refractivity (Wildman–Crippen MR) is 124 cm³/mol. The zero-order chi connectivity index (χ0) is 22.1. The summed E-state index contributed by atoms with van der Waals surface area (Å²) >= 11 is 0. The van der Waals surface area contributed by atoms with Crippen LogP contribution in [0.1, 0.15) is 34.3 Å². The van der Waals surface area contributed by atoms with Crippen molar-refractivity contribution in [2.75, 3.05) is 44.2 Å². The number of amides is 3. The molecule has 7 heteroatoms. The number of urea groups is 1. The summed E-state index contributed by atoms with van der Waals surface area (Å²) in [6.07, 6.45) is 2.03. The van der Waals surface area contributed by atoms with E-state index in [1.165, 1.54) is 11.3 Å². The van der Waals surface area contributed by atoms with Crippen LogP contribution in [0.3, 0.4) is 0 Å². The SMILES string of the molecule is Cc1cccc(N2CCN(CCCCNC(=O)c3ccc(CNC(N)=O)cc3)CC2)c1. The Balaban J connectivity index is 1.29. The van der Waals surface area contributed by atoms with Crippen LogP contribution in [0, 0.1) is 6.92 Å². The Morgan fingerprint density at radius 1 is 0.968 bits per heavy atom. The van der Waals surface area contributed by atoms with Gasteiger partial charge in [0.2, 0.25) is 0 Å². The Morgan fingerprint density at radius 3 is 2.39 bits per heavy atom. The Labute approximate surface area is 184 Å². The minimum absolute atomic E-state index is 0.0684. The summed E-state index contributed by atoms with van der Waals surface area (Å²) in [5, 5.41) is 5.52. The van der Waals surface area contributed by atoms with Crippen molar-refractivity contribution in [1.29, 1.82) is 0 Å². The van der Waals surface area contributed by atoms with Crippen LogP contribution < -0.4 is 21.3 Å². The van der Waals surface area contributed by atoms with Gasteiger partial charge in [-0.1, -0.05) is 24.3 Å². The maximum absolute atomic E-state index is 12.3. The Kier molecular flexibility index (Phi) is 8.29. The van der Waals surface area contributed by atoms with E-state index in [2.05, 4.69) is 51.6 Å². The summed E-state index contributed by atoms with van der Waals surface area (Å²) in [4.78, 5) is 28.0. The molecule has 0 spiro atoms. The summed E-state index contributed by atoms with van der Waals surface area (Å²) in [5.74, 6) is -0.0684. The molecule has 31 heavy (non-hydrogen) atoms. The van der Waals surface area contributed by atoms with Crippen molar-refractivity contribution >= 4 is 17.6 Å². The first kappa shape index (κ1) is 22.6. The van der Waals surface area contributed by atoms with E-state index in [4.69, 9.17) is 5.73 Å². The van der Waals surface area contributed by atoms with Crippen molar-refractivity contribution in [3.8, 4) is 0 Å². The molecule has 1 heterocycles. The van der Waals surface area contributed by atoms with E-state index in [0.29, 0.717) is 18.7 Å². The number of aryl methyl sites for hydroxylation is 1. The second kappa shape index (κ2) is 11.4. The molecule has 0 aromatic heterocycles. The first-order valence-corrected chi connectivity index (χ1v) is 11.0. The normalized spacial score (nSPS) is 14.3.